The van der Waals surface area contributed by atoms with Crippen molar-refractivity contribution >= 4 is 33.8 Å². The van der Waals surface area contributed by atoms with Crippen LogP contribution < -0.4 is 5.56 Å². The molecule has 2 rings (SSSR count). The van der Waals surface area contributed by atoms with E-state index in [1.54, 1.807) is 4.57 Å². The van der Waals surface area contributed by atoms with Gasteiger partial charge in [0.1, 0.15) is 4.70 Å². The Labute approximate surface area is 121 Å². The van der Waals surface area contributed by atoms with E-state index in [1.807, 2.05) is 11.4 Å². The van der Waals surface area contributed by atoms with Gasteiger partial charge in [0.05, 0.1) is 5.52 Å². The predicted octanol–water partition coefficient (Wildman–Crippen LogP) is 2.85. The third-order valence-corrected chi connectivity index (χ3v) is 4.84. The maximum Gasteiger partial charge on any atom is 0.272 e. The standard InChI is InChI=1S/C13H19N3OS2/c1-4-9(2)15(3)6-7-16-12(17)11-10(5-8-19-11)14-13(16)18/h5,8-9H,4,6-7H2,1-3H3,(H,14,18). The van der Waals surface area contributed by atoms with Crippen LogP contribution in [0.2, 0.25) is 0 Å². The average Bonchev–Trinajstić information content (AvgIpc) is 2.85. The maximum atomic E-state index is 12.3. The van der Waals surface area contributed by atoms with Crippen LogP contribution in [0.3, 0.4) is 0 Å². The fourth-order valence-corrected chi connectivity index (χ4v) is 3.05. The zero-order chi connectivity index (χ0) is 14.0. The van der Waals surface area contributed by atoms with Gasteiger partial charge in [-0.15, -0.1) is 11.3 Å². The second-order valence-corrected chi connectivity index (χ2v) is 6.09. The summed E-state index contributed by atoms with van der Waals surface area (Å²) in [6, 6.07) is 2.41. The van der Waals surface area contributed by atoms with Gasteiger partial charge in [-0.2, -0.15) is 0 Å². The number of fused-ring (bicyclic) bond motifs is 1. The van der Waals surface area contributed by atoms with E-state index in [4.69, 9.17) is 12.2 Å². The highest BCUT2D eigenvalue weighted by atomic mass is 32.1. The van der Waals surface area contributed by atoms with Gasteiger partial charge in [-0.1, -0.05) is 6.92 Å². The molecule has 6 heteroatoms. The number of nitrogens with zero attached hydrogens (tertiary/aromatic N) is 2. The van der Waals surface area contributed by atoms with Gasteiger partial charge in [-0.25, -0.2) is 0 Å². The maximum absolute atomic E-state index is 12.3. The second kappa shape index (κ2) is 5.98. The van der Waals surface area contributed by atoms with Crippen molar-refractivity contribution in [3.8, 4) is 0 Å². The first-order valence-electron chi connectivity index (χ1n) is 6.45. The number of hydrogen-bond donors (Lipinski definition) is 1. The van der Waals surface area contributed by atoms with E-state index in [1.165, 1.54) is 11.3 Å². The third kappa shape index (κ3) is 2.96. The summed E-state index contributed by atoms with van der Waals surface area (Å²) in [6.07, 6.45) is 1.10. The number of rotatable bonds is 5. The topological polar surface area (TPSA) is 41.0 Å². The van der Waals surface area contributed by atoms with E-state index >= 15 is 0 Å². The monoisotopic (exact) mass is 297 g/mol. The number of hydrogen-bond acceptors (Lipinski definition) is 4. The van der Waals surface area contributed by atoms with E-state index in [9.17, 15) is 4.79 Å². The van der Waals surface area contributed by atoms with Gasteiger partial charge in [-0.3, -0.25) is 9.36 Å². The molecule has 2 aromatic heterocycles. The molecule has 0 aliphatic carbocycles. The number of aromatic amines is 1. The molecular weight excluding hydrogens is 278 g/mol. The Balaban J connectivity index is 2.26. The van der Waals surface area contributed by atoms with Gasteiger partial charge >= 0.3 is 0 Å². The molecule has 0 saturated carbocycles. The molecule has 2 aromatic rings. The van der Waals surface area contributed by atoms with E-state index in [2.05, 4.69) is 30.8 Å². The minimum atomic E-state index is 0.0197. The van der Waals surface area contributed by atoms with Crippen molar-refractivity contribution in [1.82, 2.24) is 14.5 Å². The summed E-state index contributed by atoms with van der Waals surface area (Å²) in [7, 11) is 2.08. The number of aromatic nitrogens is 2. The summed E-state index contributed by atoms with van der Waals surface area (Å²) < 4.78 is 2.92. The van der Waals surface area contributed by atoms with E-state index in [-0.39, 0.29) is 5.56 Å². The summed E-state index contributed by atoms with van der Waals surface area (Å²) in [4.78, 5) is 17.7. The third-order valence-electron chi connectivity index (χ3n) is 3.61. The lowest BCUT2D eigenvalue weighted by Gasteiger charge is -2.23. The molecule has 0 saturated heterocycles. The minimum absolute atomic E-state index is 0.0197. The smallest absolute Gasteiger partial charge is 0.272 e. The molecule has 0 aromatic carbocycles. The normalized spacial score (nSPS) is 13.3. The van der Waals surface area contributed by atoms with Crippen LogP contribution in [0.4, 0.5) is 0 Å². The minimum Gasteiger partial charge on any atom is -0.331 e. The molecule has 0 spiro atoms. The first-order valence-corrected chi connectivity index (χ1v) is 7.74. The first-order chi connectivity index (χ1) is 9.04. The van der Waals surface area contributed by atoms with E-state index < -0.39 is 0 Å². The zero-order valence-corrected chi connectivity index (χ0v) is 13.1. The molecule has 1 unspecified atom stereocenters. The summed E-state index contributed by atoms with van der Waals surface area (Å²) in [5, 5.41) is 1.91. The number of H-pyrrole nitrogens is 1. The fraction of sp³-hybridized carbons (Fsp3) is 0.538. The number of nitrogens with one attached hydrogen (secondary N) is 1. The van der Waals surface area contributed by atoms with Gasteiger partial charge < -0.3 is 9.88 Å². The Morgan fingerprint density at radius 2 is 2.32 bits per heavy atom. The predicted molar refractivity (Wildman–Crippen MR) is 83.7 cm³/mol. The molecule has 0 radical (unpaired) electrons. The first kappa shape index (κ1) is 14.4. The molecular formula is C13H19N3OS2. The van der Waals surface area contributed by atoms with Crippen LogP contribution in [0, 0.1) is 4.77 Å². The van der Waals surface area contributed by atoms with Gasteiger partial charge in [0.15, 0.2) is 4.77 Å². The molecule has 0 aliphatic heterocycles. The Bertz CT molecular complexity index is 670. The summed E-state index contributed by atoms with van der Waals surface area (Å²) in [5.41, 5.74) is 0.859. The van der Waals surface area contributed by atoms with Gasteiger partial charge in [0.2, 0.25) is 0 Å². The fourth-order valence-electron chi connectivity index (χ4n) is 1.96. The summed E-state index contributed by atoms with van der Waals surface area (Å²) >= 11 is 6.73. The Morgan fingerprint density at radius 3 is 3.00 bits per heavy atom. The van der Waals surface area contributed by atoms with E-state index in [0.29, 0.717) is 17.4 Å². The summed E-state index contributed by atoms with van der Waals surface area (Å²) in [5.74, 6) is 0. The molecule has 0 amide bonds. The molecule has 104 valence electrons. The van der Waals surface area contributed by atoms with Crippen molar-refractivity contribution in [2.75, 3.05) is 13.6 Å². The van der Waals surface area contributed by atoms with Crippen LogP contribution in [0.5, 0.6) is 0 Å². The highest BCUT2D eigenvalue weighted by molar-refractivity contribution is 7.71. The number of thiophene rings is 1. The Kier molecular flexibility index (Phi) is 4.54. The Hall–Kier alpha value is -0.980. The van der Waals surface area contributed by atoms with Crippen molar-refractivity contribution in [3.05, 3.63) is 26.6 Å². The van der Waals surface area contributed by atoms with Crippen molar-refractivity contribution in [3.63, 3.8) is 0 Å². The van der Waals surface area contributed by atoms with Crippen molar-refractivity contribution in [1.29, 1.82) is 0 Å². The largest absolute Gasteiger partial charge is 0.331 e. The zero-order valence-electron chi connectivity index (χ0n) is 11.5. The lowest BCUT2D eigenvalue weighted by Crippen LogP contribution is -2.34. The molecule has 19 heavy (non-hydrogen) atoms. The highest BCUT2D eigenvalue weighted by Crippen LogP contribution is 2.13. The SMILES string of the molecule is CCC(C)N(C)CCn1c(=S)[nH]c2ccsc2c1=O. The molecule has 1 atom stereocenters. The summed E-state index contributed by atoms with van der Waals surface area (Å²) in [6.45, 7) is 5.80. The van der Waals surface area contributed by atoms with Crippen molar-refractivity contribution in [2.24, 2.45) is 0 Å². The van der Waals surface area contributed by atoms with Crippen LogP contribution in [0.1, 0.15) is 20.3 Å². The average molecular weight is 297 g/mol. The second-order valence-electron chi connectivity index (χ2n) is 4.79. The molecule has 0 bridgehead atoms. The van der Waals surface area contributed by atoms with Crippen LogP contribution in [0.15, 0.2) is 16.2 Å². The molecule has 2 heterocycles. The number of likely N-dealkylation sites (N-methyl/N-ethyl adjacent to an activating group) is 1. The van der Waals surface area contributed by atoms with Crippen molar-refractivity contribution in [2.45, 2.75) is 32.9 Å². The lowest BCUT2D eigenvalue weighted by molar-refractivity contribution is 0.241. The highest BCUT2D eigenvalue weighted by Gasteiger charge is 2.10. The molecule has 0 aliphatic rings. The molecule has 0 fully saturated rings. The molecule has 4 nitrogen and oxygen atoms in total. The van der Waals surface area contributed by atoms with Crippen LogP contribution in [-0.2, 0) is 6.54 Å². The van der Waals surface area contributed by atoms with E-state index in [0.717, 1.165) is 23.2 Å². The lowest BCUT2D eigenvalue weighted by atomic mass is 10.2. The van der Waals surface area contributed by atoms with Gasteiger partial charge in [-0.05, 0) is 44.1 Å². The van der Waals surface area contributed by atoms with Crippen LogP contribution in [0.25, 0.3) is 10.2 Å². The van der Waals surface area contributed by atoms with Crippen LogP contribution in [-0.4, -0.2) is 34.1 Å². The van der Waals surface area contributed by atoms with Gasteiger partial charge in [0, 0.05) is 19.1 Å². The van der Waals surface area contributed by atoms with Crippen LogP contribution >= 0.6 is 23.6 Å². The van der Waals surface area contributed by atoms with Gasteiger partial charge in [0.25, 0.3) is 5.56 Å². The molecule has 1 N–H and O–H groups in total. The van der Waals surface area contributed by atoms with Crippen molar-refractivity contribution < 1.29 is 0 Å². The quantitative estimate of drug-likeness (QED) is 0.863. The Morgan fingerprint density at radius 1 is 1.58 bits per heavy atom.